The van der Waals surface area contributed by atoms with Crippen molar-refractivity contribution in [3.05, 3.63) is 71.9 Å². The molecule has 3 rings (SSSR count). The van der Waals surface area contributed by atoms with Gasteiger partial charge in [0.1, 0.15) is 19.0 Å². The largest absolute Gasteiger partial charge is 0.487 e. The molecule has 0 fully saturated rings. The van der Waals surface area contributed by atoms with E-state index in [0.717, 1.165) is 22.2 Å². The van der Waals surface area contributed by atoms with Gasteiger partial charge in [-0.1, -0.05) is 41.6 Å². The number of carbonyl (C=O) groups is 1. The van der Waals surface area contributed by atoms with Crippen molar-refractivity contribution in [2.24, 2.45) is 5.16 Å². The van der Waals surface area contributed by atoms with E-state index < -0.39 is 5.97 Å². The third kappa shape index (κ3) is 4.78. The molecule has 1 N–H and O–H groups in total. The number of fused-ring (bicyclic) bond motifs is 1. The monoisotopic (exact) mass is 336 g/mol. The number of para-hydroxylation sites is 1. The number of pyridine rings is 1. The number of hydrogen-bond acceptors (Lipinski definition) is 5. The lowest BCUT2D eigenvalue weighted by Gasteiger charge is -2.07. The second kappa shape index (κ2) is 7.92. The van der Waals surface area contributed by atoms with E-state index in [2.05, 4.69) is 10.1 Å². The van der Waals surface area contributed by atoms with Gasteiger partial charge in [-0.3, -0.25) is 0 Å². The van der Waals surface area contributed by atoms with Gasteiger partial charge in [0.2, 0.25) is 0 Å². The molecule has 3 aromatic rings. The molecule has 126 valence electrons. The molecule has 1 aromatic heterocycles. The minimum absolute atomic E-state index is 0.191. The van der Waals surface area contributed by atoms with E-state index in [1.807, 2.05) is 60.7 Å². The lowest BCUT2D eigenvalue weighted by atomic mass is 10.2. The SMILES string of the molecule is O=C(O)C=NOCc1ccc(OCc2ccc3ccccc3n2)cc1. The Morgan fingerprint density at radius 1 is 1.04 bits per heavy atom. The molecule has 0 aliphatic rings. The van der Waals surface area contributed by atoms with Crippen LogP contribution < -0.4 is 4.74 Å². The third-order valence-electron chi connectivity index (χ3n) is 3.44. The lowest BCUT2D eigenvalue weighted by molar-refractivity contribution is -0.129. The van der Waals surface area contributed by atoms with Crippen molar-refractivity contribution in [1.29, 1.82) is 0 Å². The Hall–Kier alpha value is -3.41. The van der Waals surface area contributed by atoms with Crippen LogP contribution in [0.5, 0.6) is 5.75 Å². The van der Waals surface area contributed by atoms with Crippen molar-refractivity contribution in [3.8, 4) is 5.75 Å². The molecule has 0 spiro atoms. The highest BCUT2D eigenvalue weighted by Crippen LogP contribution is 2.16. The van der Waals surface area contributed by atoms with Gasteiger partial charge >= 0.3 is 5.97 Å². The molecule has 0 amide bonds. The molecule has 1 heterocycles. The molecule has 0 atom stereocenters. The first kappa shape index (κ1) is 16.4. The van der Waals surface area contributed by atoms with Gasteiger partial charge in [0.25, 0.3) is 0 Å². The maximum Gasteiger partial charge on any atom is 0.350 e. The van der Waals surface area contributed by atoms with Gasteiger partial charge in [0.15, 0.2) is 6.21 Å². The van der Waals surface area contributed by atoms with Gasteiger partial charge in [-0.05, 0) is 29.8 Å². The number of rotatable bonds is 7. The summed E-state index contributed by atoms with van der Waals surface area (Å²) in [7, 11) is 0. The average Bonchev–Trinajstić information content (AvgIpc) is 2.64. The maximum absolute atomic E-state index is 10.3. The number of benzene rings is 2. The first-order chi connectivity index (χ1) is 12.2. The Balaban J connectivity index is 1.54. The van der Waals surface area contributed by atoms with E-state index in [4.69, 9.17) is 14.7 Å². The molecule has 6 nitrogen and oxygen atoms in total. The predicted molar refractivity (Wildman–Crippen MR) is 93.4 cm³/mol. The van der Waals surface area contributed by atoms with Gasteiger partial charge in [-0.2, -0.15) is 0 Å². The topological polar surface area (TPSA) is 81.0 Å². The van der Waals surface area contributed by atoms with Crippen molar-refractivity contribution < 1.29 is 19.5 Å². The molecule has 6 heteroatoms. The normalized spacial score (nSPS) is 10.9. The second-order valence-electron chi connectivity index (χ2n) is 5.27. The number of carboxylic acids is 1. The number of aliphatic carboxylic acids is 1. The molecule has 0 aliphatic carbocycles. The van der Waals surface area contributed by atoms with Gasteiger partial charge in [-0.25, -0.2) is 9.78 Å². The quantitative estimate of drug-likeness (QED) is 0.528. The van der Waals surface area contributed by atoms with Crippen LogP contribution in [0.2, 0.25) is 0 Å². The molecular formula is C19H16N2O4. The second-order valence-corrected chi connectivity index (χ2v) is 5.27. The van der Waals surface area contributed by atoms with Crippen LogP contribution in [-0.2, 0) is 22.8 Å². The molecule has 0 saturated carbocycles. The van der Waals surface area contributed by atoms with E-state index in [1.165, 1.54) is 0 Å². The lowest BCUT2D eigenvalue weighted by Crippen LogP contribution is -1.99. The zero-order chi connectivity index (χ0) is 17.5. The summed E-state index contributed by atoms with van der Waals surface area (Å²) in [6, 6.07) is 19.2. The van der Waals surface area contributed by atoms with Crippen molar-refractivity contribution in [2.75, 3.05) is 0 Å². The minimum atomic E-state index is -1.15. The number of oxime groups is 1. The summed E-state index contributed by atoms with van der Waals surface area (Å²) >= 11 is 0. The van der Waals surface area contributed by atoms with Gasteiger partial charge in [0.05, 0.1) is 11.2 Å². The first-order valence-corrected chi connectivity index (χ1v) is 7.65. The van der Waals surface area contributed by atoms with Crippen LogP contribution in [0.1, 0.15) is 11.3 Å². The number of hydrogen-bond donors (Lipinski definition) is 1. The summed E-state index contributed by atoms with van der Waals surface area (Å²) in [4.78, 5) is 19.7. The third-order valence-corrected chi connectivity index (χ3v) is 3.44. The Kier molecular flexibility index (Phi) is 5.21. The fraction of sp³-hybridized carbons (Fsp3) is 0.105. The summed E-state index contributed by atoms with van der Waals surface area (Å²) in [6.45, 7) is 0.569. The fourth-order valence-electron chi connectivity index (χ4n) is 2.22. The summed E-state index contributed by atoms with van der Waals surface area (Å²) in [6.07, 6.45) is 0.702. The van der Waals surface area contributed by atoms with Crippen LogP contribution >= 0.6 is 0 Å². The zero-order valence-corrected chi connectivity index (χ0v) is 13.3. The van der Waals surface area contributed by atoms with E-state index in [-0.39, 0.29) is 6.61 Å². The highest BCUT2D eigenvalue weighted by Gasteiger charge is 2.01. The summed E-state index contributed by atoms with van der Waals surface area (Å²) in [5, 5.41) is 12.8. The Morgan fingerprint density at radius 2 is 1.84 bits per heavy atom. The molecule has 2 aromatic carbocycles. The van der Waals surface area contributed by atoms with Crippen molar-refractivity contribution in [1.82, 2.24) is 4.98 Å². The Bertz CT molecular complexity index is 891. The van der Waals surface area contributed by atoms with Crippen LogP contribution in [0, 0.1) is 0 Å². The Morgan fingerprint density at radius 3 is 2.64 bits per heavy atom. The summed E-state index contributed by atoms with van der Waals surface area (Å²) in [5.41, 5.74) is 2.66. The summed E-state index contributed by atoms with van der Waals surface area (Å²) in [5.74, 6) is -0.432. The number of carboxylic acid groups (broad SMARTS) is 1. The van der Waals surface area contributed by atoms with E-state index in [1.54, 1.807) is 0 Å². The highest BCUT2D eigenvalue weighted by molar-refractivity contribution is 6.21. The van der Waals surface area contributed by atoms with Crippen LogP contribution in [0.15, 0.2) is 65.8 Å². The van der Waals surface area contributed by atoms with E-state index in [0.29, 0.717) is 18.6 Å². The van der Waals surface area contributed by atoms with Gasteiger partial charge in [-0.15, -0.1) is 0 Å². The highest BCUT2D eigenvalue weighted by atomic mass is 16.6. The average molecular weight is 336 g/mol. The van der Waals surface area contributed by atoms with Crippen molar-refractivity contribution in [3.63, 3.8) is 0 Å². The van der Waals surface area contributed by atoms with Gasteiger partial charge < -0.3 is 14.7 Å². The standard InChI is InChI=1S/C19H16N2O4/c22-19(23)11-20-25-12-14-5-9-17(10-6-14)24-13-16-8-7-15-3-1-2-4-18(15)21-16/h1-11H,12-13H2,(H,22,23). The minimum Gasteiger partial charge on any atom is -0.487 e. The first-order valence-electron chi connectivity index (χ1n) is 7.65. The number of ether oxygens (including phenoxy) is 1. The molecule has 25 heavy (non-hydrogen) atoms. The molecular weight excluding hydrogens is 320 g/mol. The smallest absolute Gasteiger partial charge is 0.350 e. The molecule has 0 aliphatic heterocycles. The van der Waals surface area contributed by atoms with Crippen molar-refractivity contribution in [2.45, 2.75) is 13.2 Å². The van der Waals surface area contributed by atoms with E-state index >= 15 is 0 Å². The van der Waals surface area contributed by atoms with Crippen LogP contribution in [0.25, 0.3) is 10.9 Å². The predicted octanol–water partition coefficient (Wildman–Crippen LogP) is 3.40. The van der Waals surface area contributed by atoms with E-state index in [9.17, 15) is 4.79 Å². The zero-order valence-electron chi connectivity index (χ0n) is 13.3. The van der Waals surface area contributed by atoms with Crippen LogP contribution in [0.4, 0.5) is 0 Å². The summed E-state index contributed by atoms with van der Waals surface area (Å²) < 4.78 is 5.74. The van der Waals surface area contributed by atoms with Gasteiger partial charge in [0, 0.05) is 5.39 Å². The maximum atomic E-state index is 10.3. The van der Waals surface area contributed by atoms with Crippen LogP contribution in [0.3, 0.4) is 0 Å². The number of nitrogens with zero attached hydrogens (tertiary/aromatic N) is 2. The molecule has 0 saturated heterocycles. The Labute approximate surface area is 144 Å². The fourth-order valence-corrected chi connectivity index (χ4v) is 2.22. The van der Waals surface area contributed by atoms with Crippen molar-refractivity contribution >= 4 is 23.1 Å². The molecule has 0 radical (unpaired) electrons. The number of aromatic nitrogens is 1. The molecule has 0 bridgehead atoms. The molecule has 0 unspecified atom stereocenters. The van der Waals surface area contributed by atoms with Crippen LogP contribution in [-0.4, -0.2) is 22.3 Å².